The second-order valence-corrected chi connectivity index (χ2v) is 5.41. The molecule has 1 aromatic rings. The minimum Gasteiger partial charge on any atom is -0.493 e. The van der Waals surface area contributed by atoms with Crippen molar-refractivity contribution in [3.8, 4) is 11.5 Å². The van der Waals surface area contributed by atoms with E-state index in [0.717, 1.165) is 30.7 Å². The van der Waals surface area contributed by atoms with E-state index < -0.39 is 0 Å². The molecular formula is C16H24N2O3. The van der Waals surface area contributed by atoms with Gasteiger partial charge in [-0.3, -0.25) is 4.79 Å². The van der Waals surface area contributed by atoms with E-state index in [1.807, 2.05) is 24.0 Å². The number of carbonyl (C=O) groups excluding carboxylic acids is 1. The Hall–Kier alpha value is -1.75. The van der Waals surface area contributed by atoms with Crippen molar-refractivity contribution in [1.29, 1.82) is 0 Å². The Bertz CT molecular complexity index is 516. The van der Waals surface area contributed by atoms with E-state index in [4.69, 9.17) is 15.2 Å². The fraction of sp³-hybridized carbons (Fsp3) is 0.562. The monoisotopic (exact) mass is 292 g/mol. The third-order valence-corrected chi connectivity index (χ3v) is 4.03. The second kappa shape index (κ2) is 6.80. The summed E-state index contributed by atoms with van der Waals surface area (Å²) in [4.78, 5) is 14.1. The highest BCUT2D eigenvalue weighted by Crippen LogP contribution is 2.33. The zero-order valence-corrected chi connectivity index (χ0v) is 13.0. The SMILES string of the molecule is CCC(N)CC(=O)N1CCc2cc(OC)c(OC)cc2C1. The van der Waals surface area contributed by atoms with Crippen LogP contribution in [0.2, 0.25) is 0 Å². The van der Waals surface area contributed by atoms with Crippen LogP contribution in [0.1, 0.15) is 30.9 Å². The first-order valence-corrected chi connectivity index (χ1v) is 7.36. The molecule has 0 fully saturated rings. The van der Waals surface area contributed by atoms with Gasteiger partial charge >= 0.3 is 0 Å². The molecule has 2 rings (SSSR count). The summed E-state index contributed by atoms with van der Waals surface area (Å²) in [5.41, 5.74) is 8.22. The van der Waals surface area contributed by atoms with Crippen molar-refractivity contribution in [3.63, 3.8) is 0 Å². The Kier molecular flexibility index (Phi) is 5.07. The van der Waals surface area contributed by atoms with E-state index >= 15 is 0 Å². The van der Waals surface area contributed by atoms with Crippen molar-refractivity contribution in [2.24, 2.45) is 5.73 Å². The molecule has 0 spiro atoms. The van der Waals surface area contributed by atoms with Gasteiger partial charge in [0, 0.05) is 25.6 Å². The molecule has 1 heterocycles. The summed E-state index contributed by atoms with van der Waals surface area (Å²) in [5, 5.41) is 0. The Morgan fingerprint density at radius 3 is 2.48 bits per heavy atom. The molecule has 1 aliphatic rings. The number of rotatable bonds is 5. The standard InChI is InChI=1S/C16H24N2O3/c1-4-13(17)9-16(19)18-6-5-11-7-14(20-2)15(21-3)8-12(11)10-18/h7-8,13H,4-6,9-10,17H2,1-3H3. The van der Waals surface area contributed by atoms with Gasteiger partial charge in [0.2, 0.25) is 5.91 Å². The Morgan fingerprint density at radius 1 is 1.29 bits per heavy atom. The lowest BCUT2D eigenvalue weighted by molar-refractivity contribution is -0.132. The van der Waals surface area contributed by atoms with Gasteiger partial charge in [-0.25, -0.2) is 0 Å². The molecule has 0 aliphatic carbocycles. The minimum atomic E-state index is -0.0516. The van der Waals surface area contributed by atoms with Gasteiger partial charge in [0.25, 0.3) is 0 Å². The number of nitrogens with zero attached hydrogens (tertiary/aromatic N) is 1. The van der Waals surface area contributed by atoms with Gasteiger partial charge in [0.15, 0.2) is 11.5 Å². The summed E-state index contributed by atoms with van der Waals surface area (Å²) in [5.74, 6) is 1.57. The molecule has 0 bridgehead atoms. The molecular weight excluding hydrogens is 268 g/mol. The first-order valence-electron chi connectivity index (χ1n) is 7.36. The van der Waals surface area contributed by atoms with Crippen molar-refractivity contribution in [3.05, 3.63) is 23.3 Å². The van der Waals surface area contributed by atoms with Gasteiger partial charge in [-0.2, -0.15) is 0 Å². The van der Waals surface area contributed by atoms with Crippen LogP contribution in [0.4, 0.5) is 0 Å². The lowest BCUT2D eigenvalue weighted by Crippen LogP contribution is -2.39. The highest BCUT2D eigenvalue weighted by molar-refractivity contribution is 5.77. The zero-order chi connectivity index (χ0) is 15.4. The van der Waals surface area contributed by atoms with Crippen LogP contribution in [0.5, 0.6) is 11.5 Å². The summed E-state index contributed by atoms with van der Waals surface area (Å²) in [6, 6.07) is 3.92. The molecule has 1 aromatic carbocycles. The number of fused-ring (bicyclic) bond motifs is 1. The highest BCUT2D eigenvalue weighted by atomic mass is 16.5. The number of nitrogens with two attached hydrogens (primary N) is 1. The van der Waals surface area contributed by atoms with Crippen LogP contribution in [0.3, 0.4) is 0 Å². The van der Waals surface area contributed by atoms with E-state index in [0.29, 0.717) is 18.7 Å². The fourth-order valence-corrected chi connectivity index (χ4v) is 2.59. The number of carbonyl (C=O) groups is 1. The highest BCUT2D eigenvalue weighted by Gasteiger charge is 2.23. The first kappa shape index (κ1) is 15.6. The Morgan fingerprint density at radius 2 is 1.90 bits per heavy atom. The zero-order valence-electron chi connectivity index (χ0n) is 13.0. The van der Waals surface area contributed by atoms with Crippen LogP contribution in [-0.2, 0) is 17.8 Å². The van der Waals surface area contributed by atoms with Crippen molar-refractivity contribution in [2.45, 2.75) is 38.8 Å². The smallest absolute Gasteiger partial charge is 0.224 e. The van der Waals surface area contributed by atoms with Crippen molar-refractivity contribution < 1.29 is 14.3 Å². The number of hydrogen-bond donors (Lipinski definition) is 1. The summed E-state index contributed by atoms with van der Waals surface area (Å²) in [7, 11) is 3.26. The predicted octanol–water partition coefficient (Wildman–Crippen LogP) is 1.72. The van der Waals surface area contributed by atoms with E-state index in [1.165, 1.54) is 5.56 Å². The van der Waals surface area contributed by atoms with Crippen LogP contribution in [0.15, 0.2) is 12.1 Å². The molecule has 0 radical (unpaired) electrons. The Labute approximate surface area is 126 Å². The fourth-order valence-electron chi connectivity index (χ4n) is 2.59. The molecule has 116 valence electrons. The van der Waals surface area contributed by atoms with Crippen molar-refractivity contribution in [1.82, 2.24) is 4.90 Å². The molecule has 5 heteroatoms. The van der Waals surface area contributed by atoms with Crippen LogP contribution in [0.25, 0.3) is 0 Å². The van der Waals surface area contributed by atoms with Gasteiger partial charge < -0.3 is 20.1 Å². The van der Waals surface area contributed by atoms with Crippen LogP contribution in [-0.4, -0.2) is 37.6 Å². The van der Waals surface area contributed by atoms with Gasteiger partial charge in [-0.1, -0.05) is 6.92 Å². The number of benzene rings is 1. The maximum atomic E-state index is 12.2. The van der Waals surface area contributed by atoms with Gasteiger partial charge in [0.1, 0.15) is 0 Å². The molecule has 1 aliphatic heterocycles. The van der Waals surface area contributed by atoms with Crippen LogP contribution >= 0.6 is 0 Å². The normalized spacial score (nSPS) is 15.3. The maximum Gasteiger partial charge on any atom is 0.224 e. The van der Waals surface area contributed by atoms with Gasteiger partial charge in [-0.05, 0) is 36.1 Å². The van der Waals surface area contributed by atoms with E-state index in [2.05, 4.69) is 0 Å². The first-order chi connectivity index (χ1) is 10.1. The molecule has 0 saturated heterocycles. The van der Waals surface area contributed by atoms with Crippen LogP contribution in [0, 0.1) is 0 Å². The molecule has 0 saturated carbocycles. The third-order valence-electron chi connectivity index (χ3n) is 4.03. The lowest BCUT2D eigenvalue weighted by Gasteiger charge is -2.30. The molecule has 1 amide bonds. The van der Waals surface area contributed by atoms with Gasteiger partial charge in [-0.15, -0.1) is 0 Å². The number of methoxy groups -OCH3 is 2. The summed E-state index contributed by atoms with van der Waals surface area (Å²) < 4.78 is 10.7. The third kappa shape index (κ3) is 3.47. The van der Waals surface area contributed by atoms with Crippen molar-refractivity contribution >= 4 is 5.91 Å². The molecule has 2 N–H and O–H groups in total. The lowest BCUT2D eigenvalue weighted by atomic mass is 9.98. The summed E-state index contributed by atoms with van der Waals surface area (Å²) in [6.45, 7) is 3.35. The molecule has 0 aromatic heterocycles. The van der Waals surface area contributed by atoms with E-state index in [9.17, 15) is 4.79 Å². The molecule has 1 atom stereocenters. The minimum absolute atomic E-state index is 0.0516. The number of hydrogen-bond acceptors (Lipinski definition) is 4. The van der Waals surface area contributed by atoms with Gasteiger partial charge in [0.05, 0.1) is 14.2 Å². The largest absolute Gasteiger partial charge is 0.493 e. The predicted molar refractivity (Wildman–Crippen MR) is 81.6 cm³/mol. The second-order valence-electron chi connectivity index (χ2n) is 5.41. The molecule has 1 unspecified atom stereocenters. The number of amides is 1. The average molecular weight is 292 g/mol. The summed E-state index contributed by atoms with van der Waals surface area (Å²) in [6.07, 6.45) is 2.07. The molecule has 5 nitrogen and oxygen atoms in total. The number of ether oxygens (including phenoxy) is 2. The van der Waals surface area contributed by atoms with E-state index in [-0.39, 0.29) is 11.9 Å². The quantitative estimate of drug-likeness (QED) is 0.897. The van der Waals surface area contributed by atoms with Crippen LogP contribution < -0.4 is 15.2 Å². The molecule has 21 heavy (non-hydrogen) atoms. The Balaban J connectivity index is 2.14. The topological polar surface area (TPSA) is 64.8 Å². The van der Waals surface area contributed by atoms with Crippen molar-refractivity contribution in [2.75, 3.05) is 20.8 Å². The summed E-state index contributed by atoms with van der Waals surface area (Å²) >= 11 is 0. The van der Waals surface area contributed by atoms with E-state index in [1.54, 1.807) is 14.2 Å². The average Bonchev–Trinajstić information content (AvgIpc) is 2.52. The maximum absolute atomic E-state index is 12.2.